The second-order valence-corrected chi connectivity index (χ2v) is 6.36. The minimum atomic E-state index is -0.897. The number of carboxylic acid groups (broad SMARTS) is 1. The van der Waals surface area contributed by atoms with Crippen LogP contribution >= 0.6 is 0 Å². The number of benzene rings is 2. The second-order valence-electron chi connectivity index (χ2n) is 6.36. The molecule has 0 saturated carbocycles. The van der Waals surface area contributed by atoms with Gasteiger partial charge >= 0.3 is 5.97 Å². The minimum Gasteiger partial charge on any atom is -0.478 e. The van der Waals surface area contributed by atoms with Gasteiger partial charge in [0, 0.05) is 18.3 Å². The van der Waals surface area contributed by atoms with Gasteiger partial charge in [0.15, 0.2) is 0 Å². The summed E-state index contributed by atoms with van der Waals surface area (Å²) in [5.41, 5.74) is 4.51. The summed E-state index contributed by atoms with van der Waals surface area (Å²) in [6.45, 7) is 9.50. The van der Waals surface area contributed by atoms with E-state index in [9.17, 15) is 9.90 Å². The molecule has 0 spiro atoms. The third kappa shape index (κ3) is 4.50. The van der Waals surface area contributed by atoms with Crippen molar-refractivity contribution in [3.63, 3.8) is 0 Å². The highest BCUT2D eigenvalue weighted by Gasteiger charge is 2.14. The monoisotopic (exact) mass is 337 g/mol. The zero-order valence-electron chi connectivity index (χ0n) is 15.5. The van der Waals surface area contributed by atoms with Gasteiger partial charge in [0.2, 0.25) is 0 Å². The van der Waals surface area contributed by atoms with E-state index in [1.54, 1.807) is 12.1 Å². The fourth-order valence-corrected chi connectivity index (χ4v) is 2.92. The number of nitrogens with zero attached hydrogens (tertiary/aromatic N) is 1. The normalized spacial score (nSPS) is 12.7. The van der Waals surface area contributed by atoms with Crippen LogP contribution in [0.15, 0.2) is 60.3 Å². The molecule has 0 aromatic heterocycles. The van der Waals surface area contributed by atoms with Gasteiger partial charge in [0.25, 0.3) is 0 Å². The van der Waals surface area contributed by atoms with E-state index >= 15 is 0 Å². The molecule has 2 aromatic carbocycles. The molecule has 0 bridgehead atoms. The molecular weight excluding hydrogens is 310 g/mol. The smallest absolute Gasteiger partial charge is 0.336 e. The molecule has 0 saturated heterocycles. The van der Waals surface area contributed by atoms with Crippen LogP contribution in [0.2, 0.25) is 0 Å². The number of carboxylic acids is 1. The zero-order chi connectivity index (χ0) is 18.4. The molecule has 25 heavy (non-hydrogen) atoms. The van der Waals surface area contributed by atoms with Crippen LogP contribution < -0.4 is 0 Å². The van der Waals surface area contributed by atoms with Crippen molar-refractivity contribution < 1.29 is 9.90 Å². The van der Waals surface area contributed by atoms with E-state index in [2.05, 4.69) is 50.8 Å². The van der Waals surface area contributed by atoms with Crippen LogP contribution in [-0.2, 0) is 6.54 Å². The average molecular weight is 337 g/mol. The Morgan fingerprint density at radius 1 is 1.16 bits per heavy atom. The number of allylic oxidation sites excluding steroid dienone is 2. The quantitative estimate of drug-likeness (QED) is 0.717. The van der Waals surface area contributed by atoms with E-state index in [1.807, 2.05) is 24.3 Å². The molecule has 0 aliphatic heterocycles. The lowest BCUT2D eigenvalue weighted by Gasteiger charge is -2.31. The minimum absolute atomic E-state index is 0.334. The Morgan fingerprint density at radius 3 is 2.36 bits per heavy atom. The molecule has 0 radical (unpaired) electrons. The van der Waals surface area contributed by atoms with Crippen molar-refractivity contribution in [2.24, 2.45) is 0 Å². The molecule has 0 heterocycles. The van der Waals surface area contributed by atoms with Crippen LogP contribution in [0.5, 0.6) is 0 Å². The van der Waals surface area contributed by atoms with Crippen LogP contribution in [0.25, 0.3) is 11.1 Å². The highest BCUT2D eigenvalue weighted by Crippen LogP contribution is 2.25. The van der Waals surface area contributed by atoms with E-state index in [1.165, 1.54) is 11.3 Å². The largest absolute Gasteiger partial charge is 0.478 e. The van der Waals surface area contributed by atoms with Gasteiger partial charge in [0.05, 0.1) is 5.56 Å². The molecule has 3 nitrogen and oxygen atoms in total. The number of aromatic carboxylic acids is 1. The van der Waals surface area contributed by atoms with E-state index < -0.39 is 5.97 Å². The van der Waals surface area contributed by atoms with Gasteiger partial charge in [-0.05, 0) is 49.9 Å². The van der Waals surface area contributed by atoms with Gasteiger partial charge < -0.3 is 10.0 Å². The topological polar surface area (TPSA) is 40.5 Å². The maximum atomic E-state index is 11.4. The summed E-state index contributed by atoms with van der Waals surface area (Å²) >= 11 is 0. The lowest BCUT2D eigenvalue weighted by Crippen LogP contribution is -2.30. The molecule has 2 rings (SSSR count). The predicted molar refractivity (Wildman–Crippen MR) is 104 cm³/mol. The zero-order valence-corrected chi connectivity index (χ0v) is 15.5. The molecule has 0 aliphatic rings. The fourth-order valence-electron chi connectivity index (χ4n) is 2.92. The van der Waals surface area contributed by atoms with Crippen molar-refractivity contribution in [1.82, 2.24) is 4.90 Å². The summed E-state index contributed by atoms with van der Waals surface area (Å²) in [7, 11) is 0. The Hall–Kier alpha value is -2.55. The lowest BCUT2D eigenvalue weighted by atomic mass is 9.98. The Labute approximate surface area is 150 Å². The summed E-state index contributed by atoms with van der Waals surface area (Å²) in [6.07, 6.45) is 3.24. The first-order chi connectivity index (χ1) is 12.0. The number of hydrogen-bond donors (Lipinski definition) is 1. The van der Waals surface area contributed by atoms with E-state index in [0.29, 0.717) is 11.6 Å². The summed E-state index contributed by atoms with van der Waals surface area (Å²) in [6, 6.07) is 15.8. The Balaban J connectivity index is 2.27. The fraction of sp³-hybridized carbons (Fsp3) is 0.318. The van der Waals surface area contributed by atoms with Crippen LogP contribution in [-0.4, -0.2) is 22.0 Å². The lowest BCUT2D eigenvalue weighted by molar-refractivity contribution is 0.0697. The average Bonchev–Trinajstić information content (AvgIpc) is 2.65. The first-order valence-electron chi connectivity index (χ1n) is 8.79. The highest BCUT2D eigenvalue weighted by atomic mass is 16.4. The van der Waals surface area contributed by atoms with Gasteiger partial charge in [-0.2, -0.15) is 0 Å². The summed E-state index contributed by atoms with van der Waals surface area (Å²) < 4.78 is 0. The van der Waals surface area contributed by atoms with E-state index in [-0.39, 0.29) is 0 Å². The molecule has 1 atom stereocenters. The predicted octanol–water partition coefficient (Wildman–Crippen LogP) is 5.58. The third-order valence-electron chi connectivity index (χ3n) is 4.77. The van der Waals surface area contributed by atoms with Crippen LogP contribution in [0.1, 0.15) is 50.0 Å². The first-order valence-corrected chi connectivity index (χ1v) is 8.79. The van der Waals surface area contributed by atoms with E-state index in [4.69, 9.17) is 0 Å². The van der Waals surface area contributed by atoms with Crippen molar-refractivity contribution in [3.05, 3.63) is 71.4 Å². The number of hydrogen-bond acceptors (Lipinski definition) is 2. The Morgan fingerprint density at radius 2 is 1.80 bits per heavy atom. The van der Waals surface area contributed by atoms with Crippen molar-refractivity contribution in [2.45, 2.75) is 46.7 Å². The maximum absolute atomic E-state index is 11.4. The van der Waals surface area contributed by atoms with Crippen LogP contribution in [0.3, 0.4) is 0 Å². The van der Waals surface area contributed by atoms with Gasteiger partial charge in [0.1, 0.15) is 0 Å². The number of carbonyl (C=O) groups is 1. The summed E-state index contributed by atoms with van der Waals surface area (Å²) in [5, 5.41) is 9.36. The second kappa shape index (κ2) is 8.52. The number of rotatable bonds is 7. The molecule has 0 fully saturated rings. The van der Waals surface area contributed by atoms with Crippen molar-refractivity contribution in [1.29, 1.82) is 0 Å². The summed E-state index contributed by atoms with van der Waals surface area (Å²) in [5.74, 6) is -0.897. The van der Waals surface area contributed by atoms with Crippen molar-refractivity contribution in [2.75, 3.05) is 0 Å². The standard InChI is InChI=1S/C22H27NO2/c1-5-16(3)23(17(4)6-2)15-18-11-13-19(14-12-18)20-9-7-8-10-21(20)22(24)25/h5,7-14,17H,6,15H2,1-4H3,(H,24,25)/b16-5+. The van der Waals surface area contributed by atoms with Crippen LogP contribution in [0, 0.1) is 0 Å². The van der Waals surface area contributed by atoms with Gasteiger partial charge in [-0.3, -0.25) is 0 Å². The first kappa shape index (κ1) is 18.8. The summed E-state index contributed by atoms with van der Waals surface area (Å²) in [4.78, 5) is 13.8. The molecule has 0 aliphatic carbocycles. The maximum Gasteiger partial charge on any atom is 0.336 e. The van der Waals surface area contributed by atoms with Gasteiger partial charge in [-0.15, -0.1) is 0 Å². The van der Waals surface area contributed by atoms with E-state index in [0.717, 1.165) is 24.1 Å². The molecular formula is C22H27NO2. The molecule has 2 aromatic rings. The van der Waals surface area contributed by atoms with Crippen molar-refractivity contribution in [3.8, 4) is 11.1 Å². The molecule has 3 heteroatoms. The van der Waals surface area contributed by atoms with Crippen molar-refractivity contribution >= 4 is 5.97 Å². The molecule has 0 amide bonds. The van der Waals surface area contributed by atoms with Gasteiger partial charge in [-0.1, -0.05) is 55.5 Å². The Kier molecular flexibility index (Phi) is 6.40. The third-order valence-corrected chi connectivity index (χ3v) is 4.77. The highest BCUT2D eigenvalue weighted by molar-refractivity contribution is 5.95. The molecule has 132 valence electrons. The van der Waals surface area contributed by atoms with Gasteiger partial charge in [-0.25, -0.2) is 4.79 Å². The molecule has 1 N–H and O–H groups in total. The SMILES string of the molecule is C/C=C(\C)N(Cc1ccc(-c2ccccc2C(=O)O)cc1)C(C)CC. The Bertz CT molecular complexity index is 747. The molecule has 1 unspecified atom stereocenters. The van der Waals surface area contributed by atoms with Crippen LogP contribution in [0.4, 0.5) is 0 Å².